The summed E-state index contributed by atoms with van der Waals surface area (Å²) >= 11 is 0. The lowest BCUT2D eigenvalue weighted by Crippen LogP contribution is -2.24. The molecule has 3 unspecified atom stereocenters. The molecule has 0 aliphatic heterocycles. The van der Waals surface area contributed by atoms with Crippen molar-refractivity contribution in [2.45, 2.75) is 72.8 Å². The van der Waals surface area contributed by atoms with Gasteiger partial charge >= 0.3 is 11.9 Å². The second-order valence-corrected chi connectivity index (χ2v) is 4.58. The lowest BCUT2D eigenvalue weighted by atomic mass is 10.2. The molecule has 0 spiro atoms. The van der Waals surface area contributed by atoms with Crippen LogP contribution in [0.1, 0.15) is 53.9 Å². The Morgan fingerprint density at radius 2 is 1.23 bits per heavy atom. The van der Waals surface area contributed by atoms with Crippen molar-refractivity contribution >= 4 is 11.9 Å². The summed E-state index contributed by atoms with van der Waals surface area (Å²) in [6, 6.07) is 0. The minimum absolute atomic E-state index is 0.120. The molecule has 0 heterocycles. The number of hydrogen-bond acceptors (Lipinski definition) is 7. The summed E-state index contributed by atoms with van der Waals surface area (Å²) in [6.07, 6.45) is -1.10. The molecule has 7 heteroatoms. The molecule has 0 bridgehead atoms. The van der Waals surface area contributed by atoms with E-state index in [0.717, 1.165) is 0 Å². The van der Waals surface area contributed by atoms with E-state index in [1.54, 1.807) is 20.8 Å². The fourth-order valence-electron chi connectivity index (χ4n) is 1.71. The monoisotopic (exact) mass is 320 g/mol. The largest absolute Gasteiger partial charge is 0.436 e. The zero-order valence-electron chi connectivity index (χ0n) is 14.1. The van der Waals surface area contributed by atoms with Crippen molar-refractivity contribution in [2.75, 3.05) is 13.2 Å². The van der Waals surface area contributed by atoms with Gasteiger partial charge in [-0.3, -0.25) is 9.59 Å². The van der Waals surface area contributed by atoms with Gasteiger partial charge in [0, 0.05) is 26.1 Å². The highest BCUT2D eigenvalue weighted by molar-refractivity contribution is 5.72. The predicted molar refractivity (Wildman–Crippen MR) is 78.8 cm³/mol. The van der Waals surface area contributed by atoms with Crippen LogP contribution in [0, 0.1) is 0 Å². The Kier molecular flexibility index (Phi) is 11.7. The number of carbonyl (C=O) groups excluding carboxylic acids is 2. The van der Waals surface area contributed by atoms with Crippen LogP contribution >= 0.6 is 0 Å². The molecule has 0 fully saturated rings. The van der Waals surface area contributed by atoms with Crippen LogP contribution < -0.4 is 0 Å². The third-order valence-electron chi connectivity index (χ3n) is 2.54. The minimum Gasteiger partial charge on any atom is -0.436 e. The smallest absolute Gasteiger partial charge is 0.308 e. The Labute approximate surface area is 132 Å². The molecular weight excluding hydrogens is 292 g/mol. The summed E-state index contributed by atoms with van der Waals surface area (Å²) in [7, 11) is 0. The van der Waals surface area contributed by atoms with Gasteiger partial charge in [0.2, 0.25) is 6.29 Å². The number of hydrogen-bond donors (Lipinski definition) is 0. The summed E-state index contributed by atoms with van der Waals surface area (Å²) in [5.74, 6) is -0.829. The topological polar surface area (TPSA) is 80.3 Å². The zero-order valence-corrected chi connectivity index (χ0v) is 14.1. The molecule has 0 aromatic carbocycles. The van der Waals surface area contributed by atoms with Crippen LogP contribution in [0.5, 0.6) is 0 Å². The van der Waals surface area contributed by atoms with Gasteiger partial charge in [0.05, 0.1) is 0 Å². The van der Waals surface area contributed by atoms with E-state index in [2.05, 4.69) is 0 Å². The summed E-state index contributed by atoms with van der Waals surface area (Å²) < 4.78 is 25.6. The van der Waals surface area contributed by atoms with E-state index in [9.17, 15) is 9.59 Å². The molecule has 0 N–H and O–H groups in total. The molecule has 0 saturated heterocycles. The molecular formula is C15H28O7. The normalized spacial score (nSPS) is 15.0. The van der Waals surface area contributed by atoms with Gasteiger partial charge in [-0.1, -0.05) is 0 Å². The number of carbonyl (C=O) groups is 2. The first-order valence-corrected chi connectivity index (χ1v) is 7.66. The summed E-state index contributed by atoms with van der Waals surface area (Å²) in [4.78, 5) is 23.0. The number of ether oxygens (including phenoxy) is 5. The number of esters is 2. The van der Waals surface area contributed by atoms with Gasteiger partial charge < -0.3 is 23.7 Å². The van der Waals surface area contributed by atoms with Crippen LogP contribution in [0.3, 0.4) is 0 Å². The molecule has 0 aliphatic rings. The standard InChI is InChI=1S/C15H28O7/c1-6-18-11(3)20-13(5)22-15(17)10-8-9-14(16)21-12(4)19-7-2/h11-13H,6-10H2,1-5H3. The quantitative estimate of drug-likeness (QED) is 0.403. The lowest BCUT2D eigenvalue weighted by molar-refractivity contribution is -0.227. The molecule has 0 amide bonds. The second-order valence-electron chi connectivity index (χ2n) is 4.58. The second kappa shape index (κ2) is 12.4. The maximum Gasteiger partial charge on any atom is 0.308 e. The summed E-state index contributed by atoms with van der Waals surface area (Å²) in [5, 5.41) is 0. The Morgan fingerprint density at radius 1 is 0.773 bits per heavy atom. The van der Waals surface area contributed by atoms with E-state index in [0.29, 0.717) is 19.6 Å². The van der Waals surface area contributed by atoms with Crippen LogP contribution in [0.25, 0.3) is 0 Å². The van der Waals surface area contributed by atoms with E-state index in [1.165, 1.54) is 0 Å². The van der Waals surface area contributed by atoms with E-state index >= 15 is 0 Å². The van der Waals surface area contributed by atoms with Gasteiger partial charge in [0.25, 0.3) is 0 Å². The summed E-state index contributed by atoms with van der Waals surface area (Å²) in [5.41, 5.74) is 0. The van der Waals surface area contributed by atoms with E-state index in [4.69, 9.17) is 23.7 Å². The highest BCUT2D eigenvalue weighted by Gasteiger charge is 2.14. The third-order valence-corrected chi connectivity index (χ3v) is 2.54. The average molecular weight is 320 g/mol. The lowest BCUT2D eigenvalue weighted by Gasteiger charge is -2.19. The third kappa shape index (κ3) is 11.5. The van der Waals surface area contributed by atoms with Gasteiger partial charge in [-0.15, -0.1) is 0 Å². The van der Waals surface area contributed by atoms with Crippen LogP contribution in [0.2, 0.25) is 0 Å². The van der Waals surface area contributed by atoms with Crippen LogP contribution in [-0.2, 0) is 33.3 Å². The van der Waals surface area contributed by atoms with Crippen LogP contribution in [0.4, 0.5) is 0 Å². The van der Waals surface area contributed by atoms with Gasteiger partial charge in [-0.2, -0.15) is 0 Å². The first-order chi connectivity index (χ1) is 10.4. The fourth-order valence-corrected chi connectivity index (χ4v) is 1.71. The van der Waals surface area contributed by atoms with Crippen LogP contribution in [-0.4, -0.2) is 44.0 Å². The Bertz CT molecular complexity index is 319. The van der Waals surface area contributed by atoms with E-state index in [1.807, 2.05) is 13.8 Å². The molecule has 0 aliphatic carbocycles. The zero-order chi connectivity index (χ0) is 17.0. The Morgan fingerprint density at radius 3 is 1.73 bits per heavy atom. The van der Waals surface area contributed by atoms with Crippen LogP contribution in [0.15, 0.2) is 0 Å². The van der Waals surface area contributed by atoms with E-state index in [-0.39, 0.29) is 12.8 Å². The molecule has 130 valence electrons. The average Bonchev–Trinajstić information content (AvgIpc) is 2.38. The molecule has 0 saturated carbocycles. The molecule has 3 atom stereocenters. The van der Waals surface area contributed by atoms with Gasteiger partial charge in [0.1, 0.15) is 0 Å². The van der Waals surface area contributed by atoms with Crippen molar-refractivity contribution in [1.82, 2.24) is 0 Å². The van der Waals surface area contributed by atoms with Gasteiger partial charge in [-0.05, 0) is 41.0 Å². The molecule has 7 nitrogen and oxygen atoms in total. The van der Waals surface area contributed by atoms with Crippen molar-refractivity contribution in [3.63, 3.8) is 0 Å². The predicted octanol–water partition coefficient (Wildman–Crippen LogP) is 2.37. The van der Waals surface area contributed by atoms with Crippen molar-refractivity contribution in [3.8, 4) is 0 Å². The van der Waals surface area contributed by atoms with Crippen molar-refractivity contribution < 1.29 is 33.3 Å². The minimum atomic E-state index is -0.695. The van der Waals surface area contributed by atoms with Crippen molar-refractivity contribution in [2.24, 2.45) is 0 Å². The first-order valence-electron chi connectivity index (χ1n) is 7.66. The van der Waals surface area contributed by atoms with Gasteiger partial charge in [-0.25, -0.2) is 0 Å². The highest BCUT2D eigenvalue weighted by atomic mass is 16.8. The Balaban J connectivity index is 3.78. The molecule has 0 aromatic heterocycles. The SMILES string of the molecule is CCOC(C)OC(=O)CCCC(=O)OC(C)OC(C)OCC. The fraction of sp³-hybridized carbons (Fsp3) is 0.867. The Hall–Kier alpha value is -1.18. The van der Waals surface area contributed by atoms with E-state index < -0.39 is 30.8 Å². The maximum absolute atomic E-state index is 11.6. The highest BCUT2D eigenvalue weighted by Crippen LogP contribution is 2.06. The first kappa shape index (κ1) is 20.8. The van der Waals surface area contributed by atoms with Gasteiger partial charge in [0.15, 0.2) is 12.6 Å². The summed E-state index contributed by atoms with van der Waals surface area (Å²) in [6.45, 7) is 9.64. The van der Waals surface area contributed by atoms with Crippen molar-refractivity contribution in [3.05, 3.63) is 0 Å². The maximum atomic E-state index is 11.6. The number of rotatable bonds is 12. The van der Waals surface area contributed by atoms with Crippen molar-refractivity contribution in [1.29, 1.82) is 0 Å². The molecule has 0 rings (SSSR count). The molecule has 22 heavy (non-hydrogen) atoms. The molecule has 0 aromatic rings. The molecule has 0 radical (unpaired) electrons.